The molecular weight excluding hydrogens is 280 g/mol. The van der Waals surface area contributed by atoms with Gasteiger partial charge in [0.1, 0.15) is 5.76 Å². The molecule has 1 N–H and O–H groups in total. The molecule has 1 aliphatic rings. The van der Waals surface area contributed by atoms with Crippen LogP contribution in [-0.2, 0) is 21.3 Å². The van der Waals surface area contributed by atoms with Crippen molar-refractivity contribution < 1.29 is 17.6 Å². The summed E-state index contributed by atoms with van der Waals surface area (Å²) in [7, 11) is -0.505. The Morgan fingerprint density at radius 3 is 2.65 bits per heavy atom. The van der Waals surface area contributed by atoms with Gasteiger partial charge >= 0.3 is 0 Å². The summed E-state index contributed by atoms with van der Waals surface area (Å²) in [4.78, 5) is 0. The fourth-order valence-corrected chi connectivity index (χ4v) is 2.93. The SMILES string of the molecule is CN(C)S(=O)(=O)c1ccc(CNCC2CCOCC2)o1. The van der Waals surface area contributed by atoms with Gasteiger partial charge in [-0.2, -0.15) is 0 Å². The first-order valence-electron chi connectivity index (χ1n) is 6.80. The van der Waals surface area contributed by atoms with Gasteiger partial charge in [-0.15, -0.1) is 0 Å². The second-order valence-electron chi connectivity index (χ2n) is 5.19. The van der Waals surface area contributed by atoms with Gasteiger partial charge < -0.3 is 14.5 Å². The molecular formula is C13H22N2O4S. The number of nitrogens with zero attached hydrogens (tertiary/aromatic N) is 1. The van der Waals surface area contributed by atoms with E-state index in [9.17, 15) is 8.42 Å². The fraction of sp³-hybridized carbons (Fsp3) is 0.692. The van der Waals surface area contributed by atoms with E-state index in [4.69, 9.17) is 9.15 Å². The normalized spacial score (nSPS) is 17.8. The molecule has 1 fully saturated rings. The molecule has 0 saturated carbocycles. The van der Waals surface area contributed by atoms with E-state index in [1.165, 1.54) is 20.2 Å². The lowest BCUT2D eigenvalue weighted by molar-refractivity contribution is 0.0661. The third-order valence-electron chi connectivity index (χ3n) is 3.45. The third kappa shape index (κ3) is 3.82. The lowest BCUT2D eigenvalue weighted by Crippen LogP contribution is -2.27. The summed E-state index contributed by atoms with van der Waals surface area (Å²) in [5, 5.41) is 3.30. The summed E-state index contributed by atoms with van der Waals surface area (Å²) >= 11 is 0. The molecule has 6 nitrogen and oxygen atoms in total. The van der Waals surface area contributed by atoms with Crippen molar-refractivity contribution in [1.82, 2.24) is 9.62 Å². The number of hydrogen-bond acceptors (Lipinski definition) is 5. The molecule has 1 saturated heterocycles. The Kier molecular flexibility index (Phi) is 5.20. The van der Waals surface area contributed by atoms with Gasteiger partial charge in [0.15, 0.2) is 0 Å². The first-order valence-corrected chi connectivity index (χ1v) is 8.24. The standard InChI is InChI=1S/C13H22N2O4S/c1-15(2)20(16,17)13-4-3-12(19-13)10-14-9-11-5-7-18-8-6-11/h3-4,11,14H,5-10H2,1-2H3. The zero-order valence-corrected chi connectivity index (χ0v) is 12.8. The van der Waals surface area contributed by atoms with E-state index in [0.29, 0.717) is 18.2 Å². The molecule has 0 radical (unpaired) electrons. The van der Waals surface area contributed by atoms with E-state index >= 15 is 0 Å². The maximum atomic E-state index is 11.9. The Morgan fingerprint density at radius 1 is 1.30 bits per heavy atom. The predicted octanol–water partition coefficient (Wildman–Crippen LogP) is 1.05. The van der Waals surface area contributed by atoms with Crippen molar-refractivity contribution in [2.24, 2.45) is 5.92 Å². The number of rotatable bonds is 6. The van der Waals surface area contributed by atoms with Crippen LogP contribution in [0.4, 0.5) is 0 Å². The molecule has 114 valence electrons. The van der Waals surface area contributed by atoms with Crippen molar-refractivity contribution in [2.45, 2.75) is 24.5 Å². The van der Waals surface area contributed by atoms with Crippen LogP contribution >= 0.6 is 0 Å². The largest absolute Gasteiger partial charge is 0.447 e. The van der Waals surface area contributed by atoms with E-state index in [1.54, 1.807) is 6.07 Å². The lowest BCUT2D eigenvalue weighted by atomic mass is 10.0. The van der Waals surface area contributed by atoms with Crippen LogP contribution in [0.3, 0.4) is 0 Å². The van der Waals surface area contributed by atoms with Gasteiger partial charge in [0, 0.05) is 27.3 Å². The monoisotopic (exact) mass is 302 g/mol. The van der Waals surface area contributed by atoms with Crippen LogP contribution in [0.1, 0.15) is 18.6 Å². The third-order valence-corrected chi connectivity index (χ3v) is 5.13. The van der Waals surface area contributed by atoms with Crippen LogP contribution in [0, 0.1) is 5.92 Å². The van der Waals surface area contributed by atoms with Crippen LogP contribution in [0.25, 0.3) is 0 Å². The van der Waals surface area contributed by atoms with Crippen LogP contribution in [0.2, 0.25) is 0 Å². The van der Waals surface area contributed by atoms with Gasteiger partial charge in [-0.25, -0.2) is 12.7 Å². The van der Waals surface area contributed by atoms with Crippen molar-refractivity contribution in [3.63, 3.8) is 0 Å². The lowest BCUT2D eigenvalue weighted by Gasteiger charge is -2.21. The Balaban J connectivity index is 1.84. The number of ether oxygens (including phenoxy) is 1. The molecule has 20 heavy (non-hydrogen) atoms. The van der Waals surface area contributed by atoms with Crippen LogP contribution in [0.5, 0.6) is 0 Å². The molecule has 7 heteroatoms. The summed E-state index contributed by atoms with van der Waals surface area (Å²) in [5.41, 5.74) is 0. The second-order valence-corrected chi connectivity index (χ2v) is 7.28. The highest BCUT2D eigenvalue weighted by Crippen LogP contribution is 2.17. The summed E-state index contributed by atoms with van der Waals surface area (Å²) < 4.78 is 35.6. The molecule has 0 aromatic carbocycles. The Labute approximate surface area is 120 Å². The van der Waals surface area contributed by atoms with E-state index in [2.05, 4.69) is 5.32 Å². The fourth-order valence-electron chi connectivity index (χ4n) is 2.12. The Morgan fingerprint density at radius 2 is 2.00 bits per heavy atom. The van der Waals surface area contributed by atoms with Crippen LogP contribution in [0.15, 0.2) is 21.6 Å². The number of nitrogens with one attached hydrogen (secondary N) is 1. The van der Waals surface area contributed by atoms with E-state index in [0.717, 1.165) is 36.9 Å². The highest BCUT2D eigenvalue weighted by Gasteiger charge is 2.21. The molecule has 2 rings (SSSR count). The van der Waals surface area contributed by atoms with Gasteiger partial charge in [-0.05, 0) is 37.4 Å². The summed E-state index contributed by atoms with van der Waals surface area (Å²) in [5.74, 6) is 1.26. The minimum absolute atomic E-state index is 0.00892. The summed E-state index contributed by atoms with van der Waals surface area (Å²) in [6.07, 6.45) is 2.15. The zero-order valence-electron chi connectivity index (χ0n) is 12.0. The minimum atomic E-state index is -3.48. The van der Waals surface area contributed by atoms with Gasteiger partial charge in [0.25, 0.3) is 10.0 Å². The molecule has 0 unspecified atom stereocenters. The van der Waals surface area contributed by atoms with Crippen LogP contribution < -0.4 is 5.32 Å². The van der Waals surface area contributed by atoms with E-state index < -0.39 is 10.0 Å². The van der Waals surface area contributed by atoms with Gasteiger partial charge in [0.2, 0.25) is 5.09 Å². The molecule has 1 aromatic rings. The second kappa shape index (κ2) is 6.71. The average Bonchev–Trinajstić information content (AvgIpc) is 2.89. The number of sulfonamides is 1. The molecule has 2 heterocycles. The number of furan rings is 1. The predicted molar refractivity (Wildman–Crippen MR) is 74.8 cm³/mol. The minimum Gasteiger partial charge on any atom is -0.447 e. The van der Waals surface area contributed by atoms with Crippen molar-refractivity contribution in [2.75, 3.05) is 33.9 Å². The van der Waals surface area contributed by atoms with Crippen molar-refractivity contribution in [3.8, 4) is 0 Å². The van der Waals surface area contributed by atoms with E-state index in [-0.39, 0.29) is 5.09 Å². The smallest absolute Gasteiger partial charge is 0.275 e. The highest BCUT2D eigenvalue weighted by molar-refractivity contribution is 7.88. The molecule has 1 aromatic heterocycles. The zero-order chi connectivity index (χ0) is 14.6. The van der Waals surface area contributed by atoms with Gasteiger partial charge in [-0.1, -0.05) is 0 Å². The molecule has 0 amide bonds. The molecule has 0 bridgehead atoms. The Bertz CT molecular complexity index is 518. The van der Waals surface area contributed by atoms with Crippen molar-refractivity contribution in [1.29, 1.82) is 0 Å². The topological polar surface area (TPSA) is 71.8 Å². The van der Waals surface area contributed by atoms with Crippen molar-refractivity contribution in [3.05, 3.63) is 17.9 Å². The quantitative estimate of drug-likeness (QED) is 0.850. The van der Waals surface area contributed by atoms with Gasteiger partial charge in [-0.3, -0.25) is 0 Å². The average molecular weight is 302 g/mol. The molecule has 0 atom stereocenters. The Hall–Kier alpha value is -0.890. The van der Waals surface area contributed by atoms with E-state index in [1.807, 2.05) is 0 Å². The summed E-state index contributed by atoms with van der Waals surface area (Å²) in [6.45, 7) is 3.11. The van der Waals surface area contributed by atoms with Crippen LogP contribution in [-0.4, -0.2) is 46.6 Å². The van der Waals surface area contributed by atoms with Crippen molar-refractivity contribution >= 4 is 10.0 Å². The first-order chi connectivity index (χ1) is 9.50. The maximum Gasteiger partial charge on any atom is 0.275 e. The molecule has 1 aliphatic heterocycles. The summed E-state index contributed by atoms with van der Waals surface area (Å²) in [6, 6.07) is 3.20. The first kappa shape index (κ1) is 15.5. The number of hydrogen-bond donors (Lipinski definition) is 1. The molecule has 0 spiro atoms. The molecule has 0 aliphatic carbocycles. The maximum absolute atomic E-state index is 11.9. The van der Waals surface area contributed by atoms with Gasteiger partial charge in [0.05, 0.1) is 6.54 Å². The highest BCUT2D eigenvalue weighted by atomic mass is 32.2.